The first-order valence-corrected chi connectivity index (χ1v) is 11.6. The van der Waals surface area contributed by atoms with Crippen LogP contribution >= 0.6 is 0 Å². The number of benzene rings is 1. The van der Waals surface area contributed by atoms with Crippen LogP contribution in [0.2, 0.25) is 0 Å². The molecule has 0 radical (unpaired) electrons. The smallest absolute Gasteiger partial charge is 0.170 e. The predicted molar refractivity (Wildman–Crippen MR) is 119 cm³/mol. The van der Waals surface area contributed by atoms with E-state index < -0.39 is 17.8 Å². The highest BCUT2D eigenvalue weighted by Crippen LogP contribution is 2.25. The van der Waals surface area contributed by atoms with Crippen LogP contribution in [0.4, 0.5) is 13.2 Å². The Morgan fingerprint density at radius 2 is 1.55 bits per heavy atom. The zero-order chi connectivity index (χ0) is 22.5. The number of aryl methyl sites for hydroxylation is 1. The third kappa shape index (κ3) is 8.88. The zero-order valence-corrected chi connectivity index (χ0v) is 18.8. The Balaban J connectivity index is 1.83. The van der Waals surface area contributed by atoms with Crippen LogP contribution in [0.3, 0.4) is 0 Å². The molecule has 1 unspecified atom stereocenters. The maximum absolute atomic E-state index is 14.5. The molecule has 1 heterocycles. The van der Waals surface area contributed by atoms with Crippen LogP contribution in [0, 0.1) is 11.6 Å². The lowest BCUT2D eigenvalue weighted by Crippen LogP contribution is -2.02. The van der Waals surface area contributed by atoms with Gasteiger partial charge in [0.2, 0.25) is 0 Å². The van der Waals surface area contributed by atoms with Gasteiger partial charge in [0.25, 0.3) is 0 Å². The molecule has 0 amide bonds. The molecule has 0 fully saturated rings. The van der Waals surface area contributed by atoms with Gasteiger partial charge in [0.05, 0.1) is 30.7 Å². The summed E-state index contributed by atoms with van der Waals surface area (Å²) >= 11 is 0. The van der Waals surface area contributed by atoms with Gasteiger partial charge in [-0.25, -0.2) is 23.1 Å². The van der Waals surface area contributed by atoms with Gasteiger partial charge in [-0.05, 0) is 44.2 Å². The van der Waals surface area contributed by atoms with Crippen LogP contribution in [0.25, 0.3) is 11.4 Å². The highest BCUT2D eigenvalue weighted by atomic mass is 19.2. The number of unbranched alkanes of at least 4 members (excludes halogenated alkanes) is 7. The molecule has 0 saturated carbocycles. The van der Waals surface area contributed by atoms with Crippen molar-refractivity contribution < 1.29 is 17.9 Å². The lowest BCUT2D eigenvalue weighted by atomic mass is 10.0. The third-order valence-corrected chi connectivity index (χ3v) is 5.35. The van der Waals surface area contributed by atoms with Crippen LogP contribution in [-0.4, -0.2) is 22.7 Å². The second-order valence-electron chi connectivity index (χ2n) is 8.14. The topological polar surface area (TPSA) is 35.0 Å². The highest BCUT2D eigenvalue weighted by molar-refractivity contribution is 5.57. The van der Waals surface area contributed by atoms with Crippen molar-refractivity contribution in [1.29, 1.82) is 0 Å². The van der Waals surface area contributed by atoms with E-state index >= 15 is 0 Å². The first-order chi connectivity index (χ1) is 15.0. The number of halogens is 3. The largest absolute Gasteiger partial charge is 0.490 e. The van der Waals surface area contributed by atoms with Gasteiger partial charge in [-0.3, -0.25) is 0 Å². The molecule has 0 spiro atoms. The van der Waals surface area contributed by atoms with Crippen molar-refractivity contribution in [2.45, 2.75) is 90.6 Å². The molecule has 0 aliphatic rings. The quantitative estimate of drug-likeness (QED) is 0.269. The van der Waals surface area contributed by atoms with Crippen molar-refractivity contribution in [3.05, 3.63) is 41.7 Å². The summed E-state index contributed by atoms with van der Waals surface area (Å²) in [5.41, 5.74) is 0.319. The third-order valence-electron chi connectivity index (χ3n) is 5.35. The Kier molecular flexibility index (Phi) is 11.4. The Bertz CT molecular complexity index is 766. The Morgan fingerprint density at radius 3 is 2.23 bits per heavy atom. The van der Waals surface area contributed by atoms with E-state index in [4.69, 9.17) is 4.74 Å². The Labute approximate surface area is 184 Å². The SMILES string of the molecule is CCCCCCCCCOc1cnc(-c2ccc(CCCCC(C)F)c(F)c2F)nc1. The van der Waals surface area contributed by atoms with Crippen LogP contribution in [0.5, 0.6) is 5.75 Å². The molecular formula is C25H35F3N2O. The van der Waals surface area contributed by atoms with Crippen LogP contribution in [-0.2, 0) is 6.42 Å². The van der Waals surface area contributed by atoms with E-state index in [2.05, 4.69) is 16.9 Å². The van der Waals surface area contributed by atoms with E-state index in [1.807, 2.05) is 0 Å². The lowest BCUT2D eigenvalue weighted by Gasteiger charge is -2.09. The summed E-state index contributed by atoms with van der Waals surface area (Å²) in [6, 6.07) is 3.06. The van der Waals surface area contributed by atoms with Crippen molar-refractivity contribution in [2.75, 3.05) is 6.61 Å². The van der Waals surface area contributed by atoms with E-state index in [1.54, 1.807) is 6.07 Å². The van der Waals surface area contributed by atoms with E-state index in [1.165, 1.54) is 57.5 Å². The lowest BCUT2D eigenvalue weighted by molar-refractivity contribution is 0.302. The summed E-state index contributed by atoms with van der Waals surface area (Å²) in [5.74, 6) is -1.19. The summed E-state index contributed by atoms with van der Waals surface area (Å²) < 4.78 is 47.4. The molecule has 0 aliphatic carbocycles. The van der Waals surface area contributed by atoms with Crippen molar-refractivity contribution in [1.82, 2.24) is 9.97 Å². The molecule has 0 saturated heterocycles. The number of hydrogen-bond acceptors (Lipinski definition) is 3. The highest BCUT2D eigenvalue weighted by Gasteiger charge is 2.16. The number of alkyl halides is 1. The number of hydrogen-bond donors (Lipinski definition) is 0. The van der Waals surface area contributed by atoms with Crippen LogP contribution in [0.15, 0.2) is 24.5 Å². The van der Waals surface area contributed by atoms with Crippen LogP contribution < -0.4 is 4.74 Å². The molecule has 172 valence electrons. The van der Waals surface area contributed by atoms with Crippen molar-refractivity contribution in [3.63, 3.8) is 0 Å². The van der Waals surface area contributed by atoms with Gasteiger partial charge in [-0.1, -0.05) is 57.9 Å². The maximum atomic E-state index is 14.5. The molecule has 6 heteroatoms. The predicted octanol–water partition coefficient (Wildman–Crippen LogP) is 7.62. The van der Waals surface area contributed by atoms with E-state index in [0.717, 1.165) is 12.8 Å². The molecule has 3 nitrogen and oxygen atoms in total. The van der Waals surface area contributed by atoms with E-state index in [0.29, 0.717) is 43.6 Å². The minimum Gasteiger partial charge on any atom is -0.490 e. The first-order valence-electron chi connectivity index (χ1n) is 11.6. The molecular weight excluding hydrogens is 401 g/mol. The molecule has 1 aromatic heterocycles. The normalized spacial score (nSPS) is 12.2. The summed E-state index contributed by atoms with van der Waals surface area (Å²) in [6.45, 7) is 4.30. The Hall–Kier alpha value is -2.11. The van der Waals surface area contributed by atoms with Gasteiger partial charge in [0, 0.05) is 0 Å². The van der Waals surface area contributed by atoms with Gasteiger partial charge in [0.15, 0.2) is 23.2 Å². The minimum absolute atomic E-state index is 0.0252. The van der Waals surface area contributed by atoms with Gasteiger partial charge >= 0.3 is 0 Å². The number of aromatic nitrogens is 2. The van der Waals surface area contributed by atoms with Gasteiger partial charge in [-0.15, -0.1) is 0 Å². The standard InChI is InChI=1S/C25H35F3N2O/c1-3-4-5-6-7-8-11-16-31-21-17-29-25(30-18-21)22-15-14-20(23(27)24(22)28)13-10-9-12-19(2)26/h14-15,17-19H,3-13,16H2,1-2H3. The molecule has 1 atom stereocenters. The molecule has 2 rings (SSSR count). The fourth-order valence-corrected chi connectivity index (χ4v) is 3.48. The minimum atomic E-state index is -0.951. The van der Waals surface area contributed by atoms with Crippen LogP contribution in [0.1, 0.15) is 83.6 Å². The summed E-state index contributed by atoms with van der Waals surface area (Å²) in [6.07, 6.45) is 12.6. The maximum Gasteiger partial charge on any atom is 0.170 e. The summed E-state index contributed by atoms with van der Waals surface area (Å²) in [7, 11) is 0. The second-order valence-corrected chi connectivity index (χ2v) is 8.14. The van der Waals surface area contributed by atoms with E-state index in [-0.39, 0.29) is 11.4 Å². The van der Waals surface area contributed by atoms with Crippen molar-refractivity contribution in [2.24, 2.45) is 0 Å². The van der Waals surface area contributed by atoms with Gasteiger partial charge < -0.3 is 4.74 Å². The molecule has 0 aliphatic heterocycles. The monoisotopic (exact) mass is 436 g/mol. The average molecular weight is 437 g/mol. The zero-order valence-electron chi connectivity index (χ0n) is 18.8. The van der Waals surface area contributed by atoms with Crippen molar-refractivity contribution >= 4 is 0 Å². The second kappa shape index (κ2) is 14.0. The molecule has 0 bridgehead atoms. The van der Waals surface area contributed by atoms with Gasteiger partial charge in [0.1, 0.15) is 0 Å². The van der Waals surface area contributed by atoms with E-state index in [9.17, 15) is 13.2 Å². The summed E-state index contributed by atoms with van der Waals surface area (Å²) in [5, 5.41) is 0. The fourth-order valence-electron chi connectivity index (χ4n) is 3.48. The molecule has 31 heavy (non-hydrogen) atoms. The molecule has 1 aromatic carbocycles. The number of nitrogens with zero attached hydrogens (tertiary/aromatic N) is 2. The first kappa shape index (κ1) is 25.2. The van der Waals surface area contributed by atoms with Crippen molar-refractivity contribution in [3.8, 4) is 17.1 Å². The Morgan fingerprint density at radius 1 is 0.871 bits per heavy atom. The number of rotatable bonds is 15. The molecule has 0 N–H and O–H groups in total. The van der Waals surface area contributed by atoms with Gasteiger partial charge in [-0.2, -0.15) is 0 Å². The molecule has 2 aromatic rings. The number of ether oxygens (including phenoxy) is 1. The summed E-state index contributed by atoms with van der Waals surface area (Å²) in [4.78, 5) is 8.28. The average Bonchev–Trinajstić information content (AvgIpc) is 2.76. The fraction of sp³-hybridized carbons (Fsp3) is 0.600.